The van der Waals surface area contributed by atoms with E-state index in [-0.39, 0.29) is 11.5 Å². The molecule has 1 fully saturated rings. The van der Waals surface area contributed by atoms with Gasteiger partial charge in [-0.05, 0) is 19.9 Å². The fourth-order valence-corrected chi connectivity index (χ4v) is 2.55. The highest BCUT2D eigenvalue weighted by Gasteiger charge is 2.59. The highest BCUT2D eigenvalue weighted by Crippen LogP contribution is 2.42. The molecule has 0 aromatic carbocycles. The summed E-state index contributed by atoms with van der Waals surface area (Å²) in [6, 6.07) is 1.32. The van der Waals surface area contributed by atoms with Gasteiger partial charge in [0.15, 0.2) is 6.23 Å². The second kappa shape index (κ2) is 6.23. The van der Waals surface area contributed by atoms with Crippen LogP contribution in [0.25, 0.3) is 0 Å². The lowest BCUT2D eigenvalue weighted by Gasteiger charge is -2.25. The van der Waals surface area contributed by atoms with Crippen molar-refractivity contribution in [3.63, 3.8) is 0 Å². The molecule has 2 heterocycles. The summed E-state index contributed by atoms with van der Waals surface area (Å²) in [5, 5.41) is 19.8. The van der Waals surface area contributed by atoms with E-state index in [1.807, 2.05) is 11.8 Å². The van der Waals surface area contributed by atoms with Gasteiger partial charge in [-0.15, -0.1) is 0 Å². The molecule has 1 saturated heterocycles. The summed E-state index contributed by atoms with van der Waals surface area (Å²) in [6.07, 6.45) is -6.16. The van der Waals surface area contributed by atoms with Crippen molar-refractivity contribution in [3.05, 3.63) is 22.2 Å². The van der Waals surface area contributed by atoms with Crippen LogP contribution in [0.1, 0.15) is 18.8 Å². The number of halogens is 2. The molecule has 9 heteroatoms. The average Bonchev–Trinajstić information content (AvgIpc) is 2.70. The lowest BCUT2D eigenvalue weighted by Crippen LogP contribution is -2.46. The van der Waals surface area contributed by atoms with Crippen molar-refractivity contribution in [2.75, 3.05) is 12.4 Å². The van der Waals surface area contributed by atoms with Crippen LogP contribution in [0.2, 0.25) is 0 Å². The number of alkyl halides is 2. The summed E-state index contributed by atoms with van der Waals surface area (Å²) >= 11 is 0. The van der Waals surface area contributed by atoms with E-state index < -0.39 is 42.6 Å². The Morgan fingerprint density at radius 3 is 2.83 bits per heavy atom. The molecule has 1 aliphatic heterocycles. The minimum Gasteiger partial charge on any atom is -0.391 e. The van der Waals surface area contributed by atoms with Crippen molar-refractivity contribution in [2.45, 2.75) is 44.1 Å². The summed E-state index contributed by atoms with van der Waals surface area (Å²) in [4.78, 5) is 15.5. The number of rotatable bonds is 2. The highest BCUT2D eigenvalue weighted by molar-refractivity contribution is 5.30. The first-order valence-corrected chi connectivity index (χ1v) is 6.84. The van der Waals surface area contributed by atoms with Gasteiger partial charge in [0.05, 0.1) is 6.10 Å². The third kappa shape index (κ3) is 2.93. The quantitative estimate of drug-likeness (QED) is 0.628. The van der Waals surface area contributed by atoms with E-state index in [1.165, 1.54) is 19.9 Å². The molecule has 5 atom stereocenters. The van der Waals surface area contributed by atoms with E-state index in [2.05, 4.69) is 4.98 Å². The average molecular weight is 329 g/mol. The number of nitrogens with two attached hydrogens (primary N) is 1. The molecule has 126 valence electrons. The molecule has 4 N–H and O–H groups in total. The SMILES string of the molecule is Cc1cc(N)nc(=O)n1[C@@H]1O[C@H]([C@@H](C)O)[C@H](O)C1(F)C#CCF. The monoisotopic (exact) mass is 329 g/mol. The fraction of sp³-hybridized carbons (Fsp3) is 0.571. The first kappa shape index (κ1) is 17.3. The van der Waals surface area contributed by atoms with Crippen LogP contribution >= 0.6 is 0 Å². The van der Waals surface area contributed by atoms with E-state index in [9.17, 15) is 19.4 Å². The van der Waals surface area contributed by atoms with Crippen LogP contribution in [0, 0.1) is 18.8 Å². The van der Waals surface area contributed by atoms with E-state index in [0.717, 1.165) is 4.57 Å². The molecule has 1 aromatic rings. The Morgan fingerprint density at radius 2 is 2.30 bits per heavy atom. The van der Waals surface area contributed by atoms with Crippen LogP contribution < -0.4 is 11.4 Å². The number of aliphatic hydroxyl groups is 2. The van der Waals surface area contributed by atoms with E-state index in [4.69, 9.17) is 10.5 Å². The lowest BCUT2D eigenvalue weighted by atomic mass is 9.94. The molecular formula is C14H17F2N3O4. The number of hydrogen-bond donors (Lipinski definition) is 3. The van der Waals surface area contributed by atoms with Gasteiger partial charge < -0.3 is 20.7 Å². The number of nitrogen functional groups attached to an aromatic ring is 1. The van der Waals surface area contributed by atoms with Crippen molar-refractivity contribution in [3.8, 4) is 11.8 Å². The standard InChI is InChI=1S/C14H17F2N3O4/c1-7-6-9(17)18-13(22)19(7)12-14(16,4-3-5-15)11(21)10(23-12)8(2)20/h6,8,10-12,20-21H,5H2,1-2H3,(H2,17,18,22)/t8-,10-,11+,12-,14?/m1/s1. The molecule has 0 amide bonds. The molecule has 7 nitrogen and oxygen atoms in total. The minimum atomic E-state index is -2.79. The van der Waals surface area contributed by atoms with Crippen LogP contribution in [-0.2, 0) is 4.74 Å². The summed E-state index contributed by atoms with van der Waals surface area (Å²) in [7, 11) is 0. The van der Waals surface area contributed by atoms with Crippen LogP contribution in [-0.4, -0.2) is 50.4 Å². The molecule has 0 bridgehead atoms. The minimum absolute atomic E-state index is 0.0614. The largest absolute Gasteiger partial charge is 0.391 e. The first-order valence-electron chi connectivity index (χ1n) is 6.84. The Balaban J connectivity index is 2.61. The van der Waals surface area contributed by atoms with E-state index in [0.29, 0.717) is 0 Å². The Morgan fingerprint density at radius 1 is 1.65 bits per heavy atom. The van der Waals surface area contributed by atoms with Gasteiger partial charge in [-0.1, -0.05) is 11.8 Å². The smallest absolute Gasteiger partial charge is 0.351 e. The molecule has 1 aromatic heterocycles. The predicted octanol–water partition coefficient (Wildman–Crippen LogP) is -0.546. The van der Waals surface area contributed by atoms with E-state index in [1.54, 1.807) is 0 Å². The molecule has 23 heavy (non-hydrogen) atoms. The van der Waals surface area contributed by atoms with Crippen LogP contribution in [0.4, 0.5) is 14.6 Å². The number of anilines is 1. The summed E-state index contributed by atoms with van der Waals surface area (Å²) < 4.78 is 33.7. The van der Waals surface area contributed by atoms with Gasteiger partial charge in [0.1, 0.15) is 24.7 Å². The Labute approximate surface area is 130 Å². The number of aryl methyl sites for hydroxylation is 1. The maximum Gasteiger partial charge on any atom is 0.351 e. The van der Waals surface area contributed by atoms with Gasteiger partial charge in [-0.2, -0.15) is 4.98 Å². The maximum absolute atomic E-state index is 15.3. The molecule has 1 aliphatic rings. The summed E-state index contributed by atoms with van der Waals surface area (Å²) in [5.74, 6) is 3.80. The molecule has 2 rings (SSSR count). The Kier molecular flexibility index (Phi) is 4.70. The zero-order valence-electron chi connectivity index (χ0n) is 12.5. The highest BCUT2D eigenvalue weighted by atomic mass is 19.1. The third-order valence-corrected chi connectivity index (χ3v) is 3.61. The van der Waals surface area contributed by atoms with Crippen molar-refractivity contribution in [1.29, 1.82) is 0 Å². The maximum atomic E-state index is 15.3. The van der Waals surface area contributed by atoms with Gasteiger partial charge >= 0.3 is 5.69 Å². The lowest BCUT2D eigenvalue weighted by molar-refractivity contribution is -0.0808. The number of ether oxygens (including phenoxy) is 1. The molecule has 0 aliphatic carbocycles. The topological polar surface area (TPSA) is 111 Å². The zero-order valence-corrected chi connectivity index (χ0v) is 12.5. The molecular weight excluding hydrogens is 312 g/mol. The van der Waals surface area contributed by atoms with Gasteiger partial charge in [-0.3, -0.25) is 4.57 Å². The summed E-state index contributed by atoms with van der Waals surface area (Å²) in [5.41, 5.74) is 1.97. The number of aromatic nitrogens is 2. The van der Waals surface area contributed by atoms with Crippen LogP contribution in [0.3, 0.4) is 0 Å². The Bertz CT molecular complexity index is 712. The predicted molar refractivity (Wildman–Crippen MR) is 76.8 cm³/mol. The van der Waals surface area contributed by atoms with Crippen molar-refractivity contribution < 1.29 is 23.7 Å². The molecule has 0 saturated carbocycles. The van der Waals surface area contributed by atoms with Gasteiger partial charge in [0.2, 0.25) is 5.67 Å². The van der Waals surface area contributed by atoms with Crippen LogP contribution in [0.5, 0.6) is 0 Å². The molecule has 1 unspecified atom stereocenters. The normalized spacial score (nSPS) is 31.5. The van der Waals surface area contributed by atoms with Crippen molar-refractivity contribution in [1.82, 2.24) is 9.55 Å². The summed E-state index contributed by atoms with van der Waals surface area (Å²) in [6.45, 7) is 1.61. The first-order chi connectivity index (χ1) is 10.7. The number of nitrogens with zero attached hydrogens (tertiary/aromatic N) is 2. The van der Waals surface area contributed by atoms with Gasteiger partial charge in [0.25, 0.3) is 0 Å². The van der Waals surface area contributed by atoms with Gasteiger partial charge in [0, 0.05) is 5.69 Å². The number of aliphatic hydroxyl groups excluding tert-OH is 2. The Hall–Kier alpha value is -2.02. The molecule has 0 spiro atoms. The van der Waals surface area contributed by atoms with Crippen LogP contribution in [0.15, 0.2) is 10.9 Å². The van der Waals surface area contributed by atoms with Crippen molar-refractivity contribution >= 4 is 5.82 Å². The second-order valence-corrected chi connectivity index (χ2v) is 5.32. The zero-order chi connectivity index (χ0) is 17.4. The molecule has 0 radical (unpaired) electrons. The second-order valence-electron chi connectivity index (χ2n) is 5.32. The fourth-order valence-electron chi connectivity index (χ4n) is 2.55. The third-order valence-electron chi connectivity index (χ3n) is 3.61. The van der Waals surface area contributed by atoms with Gasteiger partial charge in [-0.25, -0.2) is 13.6 Å². The number of hydrogen-bond acceptors (Lipinski definition) is 6. The van der Waals surface area contributed by atoms with Crippen molar-refractivity contribution in [2.24, 2.45) is 0 Å². The van der Waals surface area contributed by atoms with E-state index >= 15 is 4.39 Å².